The van der Waals surface area contributed by atoms with Gasteiger partial charge < -0.3 is 4.74 Å². The Morgan fingerprint density at radius 1 is 1.38 bits per heavy atom. The van der Waals surface area contributed by atoms with Gasteiger partial charge in [0.1, 0.15) is 6.61 Å². The standard InChI is InChI=1S/C12H19NOSSi/c1-12(2)8-14-10(13-12)9-6-7-15-11(9)16(3,4)5/h6-7H,8H2,1-5H3. The molecule has 0 aromatic carbocycles. The third-order valence-corrected chi connectivity index (χ3v) is 7.09. The lowest BCUT2D eigenvalue weighted by atomic mass is 10.1. The lowest BCUT2D eigenvalue weighted by molar-refractivity contribution is 0.279. The molecule has 0 atom stereocenters. The first-order valence-corrected chi connectivity index (χ1v) is 9.99. The average Bonchev–Trinajstić information content (AvgIpc) is 2.68. The number of aliphatic imine (C=N–C) groups is 1. The van der Waals surface area contributed by atoms with Crippen molar-refractivity contribution in [3.63, 3.8) is 0 Å². The van der Waals surface area contributed by atoms with Gasteiger partial charge in [0.25, 0.3) is 0 Å². The van der Waals surface area contributed by atoms with Crippen molar-refractivity contribution in [2.75, 3.05) is 6.61 Å². The molecule has 0 radical (unpaired) electrons. The van der Waals surface area contributed by atoms with E-state index >= 15 is 0 Å². The van der Waals surface area contributed by atoms with Crippen LogP contribution in [0.4, 0.5) is 0 Å². The van der Waals surface area contributed by atoms with Crippen LogP contribution in [0.25, 0.3) is 0 Å². The maximum Gasteiger partial charge on any atom is 0.217 e. The Bertz CT molecular complexity index is 428. The van der Waals surface area contributed by atoms with Gasteiger partial charge >= 0.3 is 0 Å². The second kappa shape index (κ2) is 3.70. The average molecular weight is 253 g/mol. The van der Waals surface area contributed by atoms with Gasteiger partial charge in [0, 0.05) is 10.1 Å². The number of rotatable bonds is 2. The fourth-order valence-electron chi connectivity index (χ4n) is 1.78. The highest BCUT2D eigenvalue weighted by Crippen LogP contribution is 2.22. The normalized spacial score (nSPS) is 19.4. The lowest BCUT2D eigenvalue weighted by Crippen LogP contribution is -2.38. The fourth-order valence-corrected chi connectivity index (χ4v) is 5.02. The molecule has 0 amide bonds. The molecule has 1 aromatic rings. The Morgan fingerprint density at radius 2 is 2.06 bits per heavy atom. The summed E-state index contributed by atoms with van der Waals surface area (Å²) >= 11 is 1.84. The van der Waals surface area contributed by atoms with E-state index in [9.17, 15) is 0 Å². The second-order valence-corrected chi connectivity index (χ2v) is 12.2. The van der Waals surface area contributed by atoms with Gasteiger partial charge in [0.15, 0.2) is 0 Å². The van der Waals surface area contributed by atoms with E-state index in [1.165, 1.54) is 10.1 Å². The summed E-state index contributed by atoms with van der Waals surface area (Å²) in [6.45, 7) is 12.0. The quantitative estimate of drug-likeness (QED) is 0.743. The molecule has 4 heteroatoms. The van der Waals surface area contributed by atoms with Crippen molar-refractivity contribution in [2.45, 2.75) is 39.0 Å². The van der Waals surface area contributed by atoms with Crippen LogP contribution in [0.2, 0.25) is 19.6 Å². The third kappa shape index (κ3) is 2.22. The van der Waals surface area contributed by atoms with Crippen LogP contribution in [0.1, 0.15) is 19.4 Å². The zero-order valence-corrected chi connectivity index (χ0v) is 12.4. The van der Waals surface area contributed by atoms with Crippen LogP contribution in [-0.4, -0.2) is 26.1 Å². The van der Waals surface area contributed by atoms with Crippen molar-refractivity contribution >= 4 is 29.8 Å². The van der Waals surface area contributed by atoms with E-state index in [1.54, 1.807) is 0 Å². The molecule has 2 rings (SSSR count). The summed E-state index contributed by atoms with van der Waals surface area (Å²) in [7, 11) is -1.28. The van der Waals surface area contributed by atoms with Gasteiger partial charge in [-0.2, -0.15) is 11.3 Å². The molecule has 1 aliphatic heterocycles. The van der Waals surface area contributed by atoms with Crippen molar-refractivity contribution < 1.29 is 4.74 Å². The summed E-state index contributed by atoms with van der Waals surface area (Å²) in [5.41, 5.74) is 1.17. The first kappa shape index (κ1) is 11.9. The van der Waals surface area contributed by atoms with Crippen LogP contribution in [-0.2, 0) is 4.74 Å². The molecule has 1 aliphatic rings. The molecular weight excluding hydrogens is 234 g/mol. The van der Waals surface area contributed by atoms with Gasteiger partial charge in [-0.05, 0) is 25.3 Å². The molecule has 2 nitrogen and oxygen atoms in total. The maximum atomic E-state index is 5.73. The van der Waals surface area contributed by atoms with E-state index in [2.05, 4.69) is 49.9 Å². The van der Waals surface area contributed by atoms with Crippen LogP contribution in [0, 0.1) is 0 Å². The number of hydrogen-bond donors (Lipinski definition) is 0. The molecule has 2 heterocycles. The molecule has 1 aromatic heterocycles. The van der Waals surface area contributed by atoms with Gasteiger partial charge in [-0.1, -0.05) is 19.6 Å². The molecule has 0 fully saturated rings. The predicted molar refractivity (Wildman–Crippen MR) is 73.9 cm³/mol. The Morgan fingerprint density at radius 3 is 2.56 bits per heavy atom. The zero-order chi connectivity index (χ0) is 12.0. The molecule has 0 unspecified atom stereocenters. The van der Waals surface area contributed by atoms with Gasteiger partial charge in [-0.25, -0.2) is 4.99 Å². The SMILES string of the molecule is CC1(C)COC(c2ccsc2[Si](C)(C)C)=N1. The van der Waals surface area contributed by atoms with Crippen LogP contribution in [0.5, 0.6) is 0 Å². The van der Waals surface area contributed by atoms with Crippen molar-refractivity contribution in [3.05, 3.63) is 17.0 Å². The fraction of sp³-hybridized carbons (Fsp3) is 0.583. The predicted octanol–water partition coefficient (Wildman–Crippen LogP) is 2.85. The third-order valence-electron chi connectivity index (χ3n) is 2.54. The maximum absolute atomic E-state index is 5.73. The van der Waals surface area contributed by atoms with Crippen molar-refractivity contribution in [1.29, 1.82) is 0 Å². The highest BCUT2D eigenvalue weighted by molar-refractivity contribution is 7.25. The van der Waals surface area contributed by atoms with Gasteiger partial charge in [-0.3, -0.25) is 0 Å². The monoisotopic (exact) mass is 253 g/mol. The molecule has 0 N–H and O–H groups in total. The summed E-state index contributed by atoms with van der Waals surface area (Å²) in [4.78, 5) is 4.66. The van der Waals surface area contributed by atoms with E-state index in [-0.39, 0.29) is 5.54 Å². The number of hydrogen-bond acceptors (Lipinski definition) is 3. The van der Waals surface area contributed by atoms with Crippen molar-refractivity contribution in [2.24, 2.45) is 4.99 Å². The molecular formula is C12H19NOSSi. The highest BCUT2D eigenvalue weighted by atomic mass is 32.1. The topological polar surface area (TPSA) is 21.6 Å². The minimum absolute atomic E-state index is 0.0615. The molecule has 0 saturated carbocycles. The van der Waals surface area contributed by atoms with Crippen LogP contribution in [0.15, 0.2) is 16.4 Å². The van der Waals surface area contributed by atoms with Crippen molar-refractivity contribution in [3.8, 4) is 0 Å². The Labute approximate surface area is 102 Å². The van der Waals surface area contributed by atoms with Crippen LogP contribution in [0.3, 0.4) is 0 Å². The molecule has 0 bridgehead atoms. The van der Waals surface area contributed by atoms with Gasteiger partial charge in [0.2, 0.25) is 5.90 Å². The summed E-state index contributed by atoms with van der Waals surface area (Å²) in [5.74, 6) is 0.851. The highest BCUT2D eigenvalue weighted by Gasteiger charge is 2.31. The van der Waals surface area contributed by atoms with Crippen molar-refractivity contribution in [1.82, 2.24) is 0 Å². The molecule has 88 valence electrons. The molecule has 16 heavy (non-hydrogen) atoms. The smallest absolute Gasteiger partial charge is 0.217 e. The second-order valence-electron chi connectivity index (χ2n) is 5.93. The zero-order valence-electron chi connectivity index (χ0n) is 10.6. The van der Waals surface area contributed by atoms with E-state index < -0.39 is 8.07 Å². The Hall–Kier alpha value is -0.613. The van der Waals surface area contributed by atoms with E-state index in [1.807, 2.05) is 11.3 Å². The van der Waals surface area contributed by atoms with Gasteiger partial charge in [-0.15, -0.1) is 0 Å². The van der Waals surface area contributed by atoms with E-state index in [0.29, 0.717) is 6.61 Å². The largest absolute Gasteiger partial charge is 0.475 e. The Balaban J connectivity index is 2.40. The van der Waals surface area contributed by atoms with E-state index in [4.69, 9.17) is 4.74 Å². The summed E-state index contributed by atoms with van der Waals surface area (Å²) in [5, 5.41) is 2.15. The first-order chi connectivity index (χ1) is 7.30. The summed E-state index contributed by atoms with van der Waals surface area (Å²) < 4.78 is 7.22. The number of ether oxygens (including phenoxy) is 1. The van der Waals surface area contributed by atoms with Crippen LogP contribution < -0.4 is 4.50 Å². The number of thiophene rings is 1. The number of nitrogens with zero attached hydrogens (tertiary/aromatic N) is 1. The lowest BCUT2D eigenvalue weighted by Gasteiger charge is -2.16. The Kier molecular flexibility index (Phi) is 2.74. The molecule has 0 spiro atoms. The van der Waals surface area contributed by atoms with E-state index in [0.717, 1.165) is 5.90 Å². The minimum Gasteiger partial charge on any atom is -0.475 e. The molecule has 0 saturated heterocycles. The van der Waals surface area contributed by atoms with Crippen LogP contribution >= 0.6 is 11.3 Å². The molecule has 0 aliphatic carbocycles. The minimum atomic E-state index is -1.28. The first-order valence-electron chi connectivity index (χ1n) is 5.61. The summed E-state index contributed by atoms with van der Waals surface area (Å²) in [6.07, 6.45) is 0. The summed E-state index contributed by atoms with van der Waals surface area (Å²) in [6, 6.07) is 2.15. The van der Waals surface area contributed by atoms with Gasteiger partial charge in [0.05, 0.1) is 13.6 Å².